The van der Waals surface area contributed by atoms with Gasteiger partial charge in [0, 0.05) is 25.1 Å². The minimum absolute atomic E-state index is 0.00460. The van der Waals surface area contributed by atoms with Gasteiger partial charge in [-0.15, -0.1) is 11.3 Å². The zero-order valence-electron chi connectivity index (χ0n) is 17.7. The van der Waals surface area contributed by atoms with E-state index in [1.807, 2.05) is 13.0 Å². The van der Waals surface area contributed by atoms with E-state index in [0.717, 1.165) is 25.7 Å². The molecule has 2 aromatic heterocycles. The van der Waals surface area contributed by atoms with Gasteiger partial charge in [-0.1, -0.05) is 19.8 Å². The summed E-state index contributed by atoms with van der Waals surface area (Å²) in [5.74, 6) is -0.285. The Kier molecular flexibility index (Phi) is 7.49. The van der Waals surface area contributed by atoms with Crippen molar-refractivity contribution in [1.82, 2.24) is 9.55 Å². The molecule has 1 aliphatic carbocycles. The summed E-state index contributed by atoms with van der Waals surface area (Å²) >= 11 is 1.50. The quantitative estimate of drug-likeness (QED) is 0.696. The highest BCUT2D eigenvalue weighted by Gasteiger charge is 2.27. The first-order valence-corrected chi connectivity index (χ1v) is 11.3. The fraction of sp³-hybridized carbons (Fsp3) is 0.571. The number of amides is 1. The minimum Gasteiger partial charge on any atom is -0.383 e. The minimum atomic E-state index is -0.663. The molecule has 0 unspecified atom stereocenters. The molecule has 9 heteroatoms. The third-order valence-corrected chi connectivity index (χ3v) is 6.63. The molecular formula is C21H30N4O4S. The van der Waals surface area contributed by atoms with Gasteiger partial charge in [0.25, 0.3) is 11.5 Å². The van der Waals surface area contributed by atoms with Gasteiger partial charge < -0.3 is 10.5 Å². The molecule has 2 aromatic rings. The average molecular weight is 435 g/mol. The van der Waals surface area contributed by atoms with Crippen molar-refractivity contribution in [3.05, 3.63) is 42.2 Å². The highest BCUT2D eigenvalue weighted by molar-refractivity contribution is 7.14. The van der Waals surface area contributed by atoms with Gasteiger partial charge in [0.1, 0.15) is 5.82 Å². The lowest BCUT2D eigenvalue weighted by molar-refractivity contribution is 0.0979. The van der Waals surface area contributed by atoms with Crippen LogP contribution in [0.2, 0.25) is 0 Å². The highest BCUT2D eigenvalue weighted by Crippen LogP contribution is 2.30. The van der Waals surface area contributed by atoms with Crippen molar-refractivity contribution in [2.75, 3.05) is 30.9 Å². The molecule has 0 spiro atoms. The molecule has 0 saturated heterocycles. The molecular weight excluding hydrogens is 404 g/mol. The number of hydrogen-bond acceptors (Lipinski definition) is 6. The van der Waals surface area contributed by atoms with E-state index >= 15 is 0 Å². The van der Waals surface area contributed by atoms with Crippen LogP contribution in [0, 0.1) is 0 Å². The summed E-state index contributed by atoms with van der Waals surface area (Å²) in [7, 11) is 1.53. The summed E-state index contributed by atoms with van der Waals surface area (Å²) < 4.78 is 6.47. The SMILES string of the molecule is CCCn1c(N)c(N(CCOC)C(=O)c2cc3c(s2)CCCCCC3)c(=O)[nH]c1=O. The molecule has 0 saturated carbocycles. The van der Waals surface area contributed by atoms with E-state index in [1.54, 1.807) is 0 Å². The molecule has 30 heavy (non-hydrogen) atoms. The number of nitrogens with zero attached hydrogens (tertiary/aromatic N) is 2. The highest BCUT2D eigenvalue weighted by atomic mass is 32.1. The van der Waals surface area contributed by atoms with E-state index in [1.165, 1.54) is 51.2 Å². The predicted molar refractivity (Wildman–Crippen MR) is 120 cm³/mol. The van der Waals surface area contributed by atoms with Crippen LogP contribution in [0.3, 0.4) is 0 Å². The number of H-pyrrole nitrogens is 1. The third-order valence-electron chi connectivity index (χ3n) is 5.40. The van der Waals surface area contributed by atoms with E-state index in [0.29, 0.717) is 17.8 Å². The van der Waals surface area contributed by atoms with Crippen LogP contribution in [-0.4, -0.2) is 35.7 Å². The Hall–Kier alpha value is -2.39. The van der Waals surface area contributed by atoms with Crippen LogP contribution in [0.4, 0.5) is 11.5 Å². The lowest BCUT2D eigenvalue weighted by atomic mass is 10.00. The number of anilines is 2. The number of fused-ring (bicyclic) bond motifs is 1. The second-order valence-electron chi connectivity index (χ2n) is 7.57. The normalized spacial score (nSPS) is 14.1. The van der Waals surface area contributed by atoms with Crippen molar-refractivity contribution >= 4 is 28.7 Å². The number of nitrogens with two attached hydrogens (primary N) is 1. The largest absolute Gasteiger partial charge is 0.383 e. The van der Waals surface area contributed by atoms with Gasteiger partial charge >= 0.3 is 5.69 Å². The Labute approximate surface area is 179 Å². The second-order valence-corrected chi connectivity index (χ2v) is 8.70. The molecule has 0 bridgehead atoms. The Bertz CT molecular complexity index is 982. The van der Waals surface area contributed by atoms with Crippen LogP contribution in [0.25, 0.3) is 0 Å². The summed E-state index contributed by atoms with van der Waals surface area (Å²) in [6, 6.07) is 1.96. The van der Waals surface area contributed by atoms with E-state index in [4.69, 9.17) is 10.5 Å². The summed E-state index contributed by atoms with van der Waals surface area (Å²) in [6.45, 7) is 2.66. The molecule has 2 heterocycles. The standard InChI is InChI=1S/C21H30N4O4S/c1-3-10-25-18(22)17(19(26)23-21(25)28)24(11-12-29-2)20(27)16-13-14-8-6-4-5-7-9-15(14)30-16/h13H,3-12,22H2,1-2H3,(H,23,26,28). The van der Waals surface area contributed by atoms with Crippen LogP contribution in [0.5, 0.6) is 0 Å². The Morgan fingerprint density at radius 3 is 2.70 bits per heavy atom. The molecule has 0 radical (unpaired) electrons. The molecule has 8 nitrogen and oxygen atoms in total. The number of carbonyl (C=O) groups excluding carboxylic acids is 1. The molecule has 0 aliphatic heterocycles. The average Bonchev–Trinajstić information content (AvgIpc) is 3.09. The van der Waals surface area contributed by atoms with Crippen LogP contribution in [-0.2, 0) is 24.1 Å². The molecule has 0 atom stereocenters. The molecule has 3 rings (SSSR count). The van der Waals surface area contributed by atoms with Crippen molar-refractivity contribution < 1.29 is 9.53 Å². The summed E-state index contributed by atoms with van der Waals surface area (Å²) in [5, 5.41) is 0. The number of aromatic nitrogens is 2. The molecule has 164 valence electrons. The summed E-state index contributed by atoms with van der Waals surface area (Å²) in [4.78, 5) is 43.8. The number of thiophene rings is 1. The first-order valence-electron chi connectivity index (χ1n) is 10.5. The number of ether oxygens (including phenoxy) is 1. The van der Waals surface area contributed by atoms with Crippen molar-refractivity contribution in [2.45, 2.75) is 58.4 Å². The van der Waals surface area contributed by atoms with Gasteiger partial charge in [-0.2, -0.15) is 0 Å². The maximum absolute atomic E-state index is 13.5. The number of methoxy groups -OCH3 is 1. The van der Waals surface area contributed by atoms with E-state index < -0.39 is 11.2 Å². The van der Waals surface area contributed by atoms with Gasteiger partial charge in [-0.3, -0.25) is 24.0 Å². The number of aromatic amines is 1. The molecule has 1 amide bonds. The lowest BCUT2D eigenvalue weighted by Crippen LogP contribution is -2.42. The number of nitrogen functional groups attached to an aromatic ring is 1. The number of aryl methyl sites for hydroxylation is 2. The monoisotopic (exact) mass is 434 g/mol. The maximum Gasteiger partial charge on any atom is 0.330 e. The van der Waals surface area contributed by atoms with Crippen LogP contribution >= 0.6 is 11.3 Å². The van der Waals surface area contributed by atoms with Gasteiger partial charge in [0.05, 0.1) is 11.5 Å². The number of hydrogen-bond donors (Lipinski definition) is 2. The Morgan fingerprint density at radius 1 is 1.27 bits per heavy atom. The Balaban J connectivity index is 2.04. The van der Waals surface area contributed by atoms with Gasteiger partial charge in [0.15, 0.2) is 5.69 Å². The van der Waals surface area contributed by atoms with Crippen LogP contribution in [0.1, 0.15) is 59.1 Å². The first kappa shape index (κ1) is 22.3. The smallest absolute Gasteiger partial charge is 0.330 e. The van der Waals surface area contributed by atoms with Crippen molar-refractivity contribution in [3.8, 4) is 0 Å². The lowest BCUT2D eigenvalue weighted by Gasteiger charge is -2.23. The van der Waals surface area contributed by atoms with Crippen molar-refractivity contribution in [3.63, 3.8) is 0 Å². The number of nitrogens with one attached hydrogen (secondary N) is 1. The number of carbonyl (C=O) groups is 1. The second kappa shape index (κ2) is 10.1. The fourth-order valence-corrected chi connectivity index (χ4v) is 5.07. The van der Waals surface area contributed by atoms with E-state index in [9.17, 15) is 14.4 Å². The predicted octanol–water partition coefficient (Wildman–Crippen LogP) is 2.54. The van der Waals surface area contributed by atoms with E-state index in [2.05, 4.69) is 4.98 Å². The summed E-state index contributed by atoms with van der Waals surface area (Å²) in [5.41, 5.74) is 6.21. The fourth-order valence-electron chi connectivity index (χ4n) is 3.86. The molecule has 0 fully saturated rings. The van der Waals surface area contributed by atoms with Crippen LogP contribution < -0.4 is 21.9 Å². The Morgan fingerprint density at radius 2 is 2.00 bits per heavy atom. The topological polar surface area (TPSA) is 110 Å². The van der Waals surface area contributed by atoms with Gasteiger partial charge in [-0.05, 0) is 43.7 Å². The van der Waals surface area contributed by atoms with Crippen molar-refractivity contribution in [2.24, 2.45) is 0 Å². The number of rotatable bonds is 7. The van der Waals surface area contributed by atoms with Crippen LogP contribution in [0.15, 0.2) is 15.7 Å². The first-order chi connectivity index (χ1) is 14.5. The van der Waals surface area contributed by atoms with E-state index in [-0.39, 0.29) is 30.6 Å². The van der Waals surface area contributed by atoms with Gasteiger partial charge in [0.2, 0.25) is 0 Å². The molecule has 1 aliphatic rings. The van der Waals surface area contributed by atoms with Crippen molar-refractivity contribution in [1.29, 1.82) is 0 Å². The molecule has 0 aromatic carbocycles. The summed E-state index contributed by atoms with van der Waals surface area (Å²) in [6.07, 6.45) is 7.30. The molecule has 3 N–H and O–H groups in total. The zero-order chi connectivity index (χ0) is 21.7. The third kappa shape index (κ3) is 4.67. The van der Waals surface area contributed by atoms with Gasteiger partial charge in [-0.25, -0.2) is 4.79 Å². The maximum atomic E-state index is 13.5. The zero-order valence-corrected chi connectivity index (χ0v) is 18.5.